The second-order valence-electron chi connectivity index (χ2n) is 3.74. The van der Waals surface area contributed by atoms with Gasteiger partial charge in [-0.1, -0.05) is 12.1 Å². The Kier molecular flexibility index (Phi) is 2.86. The molecule has 5 nitrogen and oxygen atoms in total. The van der Waals surface area contributed by atoms with Gasteiger partial charge in [0.05, 0.1) is 15.3 Å². The topological polar surface area (TPSA) is 55.6 Å². The fraction of sp³-hybridized carbons (Fsp3) is 0.0833. The fourth-order valence-electron chi connectivity index (χ4n) is 1.76. The summed E-state index contributed by atoms with van der Waals surface area (Å²) >= 11 is 2.23. The summed E-state index contributed by atoms with van der Waals surface area (Å²) in [5.74, 6) is 1.38. The third-order valence-electron chi connectivity index (χ3n) is 2.57. The molecule has 1 N–H and O–H groups in total. The van der Waals surface area contributed by atoms with Crippen LogP contribution in [0.3, 0.4) is 0 Å². The Labute approximate surface area is 117 Å². The van der Waals surface area contributed by atoms with Crippen molar-refractivity contribution >= 4 is 39.4 Å². The van der Waals surface area contributed by atoms with Crippen LogP contribution in [0, 0.1) is 3.57 Å². The Bertz CT molecular complexity index is 707. The van der Waals surface area contributed by atoms with E-state index in [0.717, 1.165) is 20.3 Å². The zero-order chi connectivity index (χ0) is 12.5. The molecule has 0 aliphatic carbocycles. The first-order valence-electron chi connectivity index (χ1n) is 5.43. The standard InChI is InChI=1S/C12H10IN5/c1-14-12-16-10-5-3-2-4-9(10)11(17-12)18-7-8(13)6-15-18/h2-7H,1H3,(H,14,16,17). The maximum absolute atomic E-state index is 4.48. The van der Waals surface area contributed by atoms with Crippen LogP contribution in [0.25, 0.3) is 16.7 Å². The van der Waals surface area contributed by atoms with E-state index in [9.17, 15) is 0 Å². The number of fused-ring (bicyclic) bond motifs is 1. The van der Waals surface area contributed by atoms with Crippen molar-refractivity contribution in [2.24, 2.45) is 0 Å². The third kappa shape index (κ3) is 1.92. The van der Waals surface area contributed by atoms with E-state index in [2.05, 4.69) is 43.0 Å². The lowest BCUT2D eigenvalue weighted by atomic mass is 10.2. The minimum absolute atomic E-state index is 0.592. The van der Waals surface area contributed by atoms with Crippen LogP contribution in [-0.4, -0.2) is 26.8 Å². The molecule has 3 rings (SSSR count). The van der Waals surface area contributed by atoms with Crippen LogP contribution in [0.15, 0.2) is 36.7 Å². The first kappa shape index (κ1) is 11.4. The van der Waals surface area contributed by atoms with E-state index in [4.69, 9.17) is 0 Å². The molecule has 90 valence electrons. The van der Waals surface area contributed by atoms with E-state index in [0.29, 0.717) is 5.95 Å². The average molecular weight is 351 g/mol. The molecule has 0 bridgehead atoms. The number of para-hydroxylation sites is 1. The predicted molar refractivity (Wildman–Crippen MR) is 78.9 cm³/mol. The van der Waals surface area contributed by atoms with Gasteiger partial charge in [-0.25, -0.2) is 9.67 Å². The number of hydrogen-bond acceptors (Lipinski definition) is 4. The molecule has 2 heterocycles. The first-order chi connectivity index (χ1) is 8.78. The van der Waals surface area contributed by atoms with Crippen molar-refractivity contribution < 1.29 is 0 Å². The van der Waals surface area contributed by atoms with E-state index < -0.39 is 0 Å². The highest BCUT2D eigenvalue weighted by molar-refractivity contribution is 14.1. The quantitative estimate of drug-likeness (QED) is 0.721. The van der Waals surface area contributed by atoms with Gasteiger partial charge in [0.15, 0.2) is 5.82 Å². The van der Waals surface area contributed by atoms with Crippen molar-refractivity contribution in [2.45, 2.75) is 0 Å². The van der Waals surface area contributed by atoms with Crippen LogP contribution < -0.4 is 5.32 Å². The summed E-state index contributed by atoms with van der Waals surface area (Å²) in [6.45, 7) is 0. The van der Waals surface area contributed by atoms with Crippen molar-refractivity contribution in [3.8, 4) is 5.82 Å². The van der Waals surface area contributed by atoms with Crippen LogP contribution in [0.2, 0.25) is 0 Å². The second-order valence-corrected chi connectivity index (χ2v) is 4.99. The minimum atomic E-state index is 0.592. The number of halogens is 1. The Balaban J connectivity index is 2.32. The lowest BCUT2D eigenvalue weighted by Crippen LogP contribution is -2.04. The van der Waals surface area contributed by atoms with Gasteiger partial charge in [0.2, 0.25) is 5.95 Å². The molecule has 3 aromatic rings. The molecule has 0 atom stereocenters. The van der Waals surface area contributed by atoms with Crippen molar-refractivity contribution in [1.82, 2.24) is 19.7 Å². The van der Waals surface area contributed by atoms with Crippen LogP contribution in [0.5, 0.6) is 0 Å². The highest BCUT2D eigenvalue weighted by atomic mass is 127. The molecule has 0 saturated carbocycles. The largest absolute Gasteiger partial charge is 0.357 e. The molecule has 0 amide bonds. The summed E-state index contributed by atoms with van der Waals surface area (Å²) < 4.78 is 2.84. The van der Waals surface area contributed by atoms with Crippen LogP contribution >= 0.6 is 22.6 Å². The third-order valence-corrected chi connectivity index (χ3v) is 3.13. The summed E-state index contributed by atoms with van der Waals surface area (Å²) in [7, 11) is 1.81. The van der Waals surface area contributed by atoms with Gasteiger partial charge in [-0.05, 0) is 34.7 Å². The fourth-order valence-corrected chi connectivity index (χ4v) is 2.15. The summed E-state index contributed by atoms with van der Waals surface area (Å²) in [6, 6.07) is 7.91. The SMILES string of the molecule is CNc1nc(-n2cc(I)cn2)c2ccccc2n1. The Hall–Kier alpha value is -1.70. The van der Waals surface area contributed by atoms with Crippen molar-refractivity contribution in [2.75, 3.05) is 12.4 Å². The molecular formula is C12H10IN5. The van der Waals surface area contributed by atoms with E-state index in [1.54, 1.807) is 17.9 Å². The summed E-state index contributed by atoms with van der Waals surface area (Å²) in [5.41, 5.74) is 0.900. The Morgan fingerprint density at radius 2 is 2.06 bits per heavy atom. The lowest BCUT2D eigenvalue weighted by molar-refractivity contribution is 0.852. The number of hydrogen-bond donors (Lipinski definition) is 1. The molecule has 0 radical (unpaired) electrons. The van der Waals surface area contributed by atoms with Crippen molar-refractivity contribution in [1.29, 1.82) is 0 Å². The highest BCUT2D eigenvalue weighted by Gasteiger charge is 2.09. The molecule has 0 spiro atoms. The van der Waals surface area contributed by atoms with Crippen LogP contribution in [0.4, 0.5) is 5.95 Å². The molecule has 0 aliphatic rings. The maximum Gasteiger partial charge on any atom is 0.225 e. The average Bonchev–Trinajstić information content (AvgIpc) is 2.84. The number of benzene rings is 1. The molecule has 0 fully saturated rings. The number of aromatic nitrogens is 4. The second kappa shape index (κ2) is 4.52. The molecule has 1 aromatic carbocycles. The van der Waals surface area contributed by atoms with Gasteiger partial charge < -0.3 is 5.32 Å². The van der Waals surface area contributed by atoms with E-state index in [-0.39, 0.29) is 0 Å². The zero-order valence-corrected chi connectivity index (χ0v) is 11.8. The van der Waals surface area contributed by atoms with Gasteiger partial charge in [-0.2, -0.15) is 10.1 Å². The highest BCUT2D eigenvalue weighted by Crippen LogP contribution is 2.20. The molecule has 0 aliphatic heterocycles. The number of rotatable bonds is 2. The number of nitrogens with zero attached hydrogens (tertiary/aromatic N) is 4. The molecule has 6 heteroatoms. The van der Waals surface area contributed by atoms with Crippen molar-refractivity contribution in [3.05, 3.63) is 40.2 Å². The molecular weight excluding hydrogens is 341 g/mol. The number of anilines is 1. The summed E-state index contributed by atoms with van der Waals surface area (Å²) in [5, 5.41) is 8.26. The normalized spacial score (nSPS) is 10.8. The molecule has 18 heavy (non-hydrogen) atoms. The van der Waals surface area contributed by atoms with Gasteiger partial charge in [-0.3, -0.25) is 0 Å². The first-order valence-corrected chi connectivity index (χ1v) is 6.51. The van der Waals surface area contributed by atoms with Gasteiger partial charge in [0, 0.05) is 18.6 Å². The molecule has 0 saturated heterocycles. The van der Waals surface area contributed by atoms with E-state index >= 15 is 0 Å². The monoisotopic (exact) mass is 351 g/mol. The van der Waals surface area contributed by atoms with Gasteiger partial charge in [-0.15, -0.1) is 0 Å². The molecule has 2 aromatic heterocycles. The van der Waals surface area contributed by atoms with Crippen molar-refractivity contribution in [3.63, 3.8) is 0 Å². The lowest BCUT2D eigenvalue weighted by Gasteiger charge is -2.07. The minimum Gasteiger partial charge on any atom is -0.357 e. The van der Waals surface area contributed by atoms with E-state index in [1.807, 2.05) is 30.5 Å². The van der Waals surface area contributed by atoms with Gasteiger partial charge >= 0.3 is 0 Å². The zero-order valence-electron chi connectivity index (χ0n) is 9.63. The maximum atomic E-state index is 4.48. The molecule has 0 unspecified atom stereocenters. The van der Waals surface area contributed by atoms with Crippen LogP contribution in [0.1, 0.15) is 0 Å². The number of nitrogens with one attached hydrogen (secondary N) is 1. The summed E-state index contributed by atoms with van der Waals surface area (Å²) in [6.07, 6.45) is 3.74. The van der Waals surface area contributed by atoms with Crippen LogP contribution in [-0.2, 0) is 0 Å². The van der Waals surface area contributed by atoms with Gasteiger partial charge in [0.25, 0.3) is 0 Å². The van der Waals surface area contributed by atoms with E-state index in [1.165, 1.54) is 0 Å². The Morgan fingerprint density at radius 1 is 1.22 bits per heavy atom. The smallest absolute Gasteiger partial charge is 0.225 e. The Morgan fingerprint density at radius 3 is 2.78 bits per heavy atom. The summed E-state index contributed by atoms with van der Waals surface area (Å²) in [4.78, 5) is 8.90. The van der Waals surface area contributed by atoms with Gasteiger partial charge in [0.1, 0.15) is 0 Å². The predicted octanol–water partition coefficient (Wildman–Crippen LogP) is 2.46.